The number of nitrogens with one attached hydrogen (secondary N) is 1. The summed E-state index contributed by atoms with van der Waals surface area (Å²) in [4.78, 5) is 38.2. The summed E-state index contributed by atoms with van der Waals surface area (Å²) in [6, 6.07) is 7.33. The van der Waals surface area contributed by atoms with E-state index < -0.39 is 17.1 Å². The Balaban J connectivity index is 1.73. The molecule has 1 aromatic carbocycles. The van der Waals surface area contributed by atoms with Gasteiger partial charge < -0.3 is 9.73 Å². The molecule has 0 radical (unpaired) electrons. The highest BCUT2D eigenvalue weighted by Gasteiger charge is 2.36. The lowest BCUT2D eigenvalue weighted by Gasteiger charge is -2.15. The number of anilines is 1. The Hall–Kier alpha value is -1.84. The van der Waals surface area contributed by atoms with E-state index in [4.69, 9.17) is 4.42 Å². The molecule has 0 spiro atoms. The van der Waals surface area contributed by atoms with Crippen molar-refractivity contribution in [3.05, 3.63) is 55.2 Å². The fourth-order valence-electron chi connectivity index (χ4n) is 2.53. The van der Waals surface area contributed by atoms with Crippen LogP contribution in [-0.2, 0) is 9.59 Å². The smallest absolute Gasteiger partial charge is 0.294 e. The molecule has 2 aromatic rings. The van der Waals surface area contributed by atoms with Crippen LogP contribution in [0.15, 0.2) is 42.7 Å². The number of para-hydroxylation sites is 1. The first-order valence-corrected chi connectivity index (χ1v) is 10.2. The van der Waals surface area contributed by atoms with Gasteiger partial charge in [-0.1, -0.05) is 18.2 Å². The van der Waals surface area contributed by atoms with Crippen molar-refractivity contribution in [1.82, 2.24) is 4.90 Å². The van der Waals surface area contributed by atoms with Crippen molar-refractivity contribution in [1.29, 1.82) is 0 Å². The quantitative estimate of drug-likeness (QED) is 0.575. The number of halogens is 2. The lowest BCUT2D eigenvalue weighted by molar-refractivity contribution is -0.127. The van der Waals surface area contributed by atoms with E-state index >= 15 is 0 Å². The molecule has 1 N–H and O–H groups in total. The highest BCUT2D eigenvalue weighted by Crippen LogP contribution is 2.34. The molecule has 0 unspecified atom stereocenters. The molecule has 1 aromatic heterocycles. The summed E-state index contributed by atoms with van der Waals surface area (Å²) in [5.41, 5.74) is 2.51. The molecule has 6 nitrogen and oxygen atoms in total. The number of aryl methyl sites for hydroxylation is 2. The highest BCUT2D eigenvalue weighted by atomic mass is 79.9. The average Bonchev–Trinajstić information content (AvgIpc) is 3.04. The molecule has 0 saturated carbocycles. The van der Waals surface area contributed by atoms with E-state index in [2.05, 4.69) is 37.2 Å². The van der Waals surface area contributed by atoms with E-state index in [-0.39, 0.29) is 11.4 Å². The van der Waals surface area contributed by atoms with Gasteiger partial charge in [0.1, 0.15) is 12.3 Å². The fraction of sp³-hybridized carbons (Fsp3) is 0.167. The maximum absolute atomic E-state index is 12.5. The minimum absolute atomic E-state index is 0.202. The monoisotopic (exact) mass is 512 g/mol. The number of furan rings is 1. The van der Waals surface area contributed by atoms with E-state index in [1.807, 2.05) is 32.0 Å². The normalized spacial score (nSPS) is 15.7. The van der Waals surface area contributed by atoms with Gasteiger partial charge >= 0.3 is 0 Å². The molecular formula is C18H14Br2N2O4S. The third-order valence-corrected chi connectivity index (χ3v) is 6.48. The van der Waals surface area contributed by atoms with Crippen molar-refractivity contribution in [2.45, 2.75) is 13.8 Å². The van der Waals surface area contributed by atoms with Crippen molar-refractivity contribution >= 4 is 72.4 Å². The molecule has 1 aliphatic heterocycles. The van der Waals surface area contributed by atoms with Gasteiger partial charge in [0.2, 0.25) is 5.91 Å². The fourth-order valence-corrected chi connectivity index (χ4v) is 3.96. The number of hydrogen-bond donors (Lipinski definition) is 1. The Morgan fingerprint density at radius 1 is 1.26 bits per heavy atom. The maximum atomic E-state index is 12.5. The van der Waals surface area contributed by atoms with Crippen LogP contribution >= 0.6 is 43.6 Å². The van der Waals surface area contributed by atoms with Crippen LogP contribution in [0.4, 0.5) is 10.5 Å². The maximum Gasteiger partial charge on any atom is 0.294 e. The van der Waals surface area contributed by atoms with Crippen LogP contribution in [0.5, 0.6) is 0 Å². The summed E-state index contributed by atoms with van der Waals surface area (Å²) in [5.74, 6) is -0.538. The number of hydrogen-bond acceptors (Lipinski definition) is 5. The number of nitrogens with zero attached hydrogens (tertiary/aromatic N) is 1. The van der Waals surface area contributed by atoms with Crippen LogP contribution in [0, 0.1) is 13.8 Å². The molecule has 3 amide bonds. The van der Waals surface area contributed by atoms with Crippen molar-refractivity contribution in [3.63, 3.8) is 0 Å². The van der Waals surface area contributed by atoms with Gasteiger partial charge in [0.15, 0.2) is 4.67 Å². The number of rotatable bonds is 4. The summed E-state index contributed by atoms with van der Waals surface area (Å²) < 4.78 is 6.58. The van der Waals surface area contributed by atoms with Gasteiger partial charge in [0.25, 0.3) is 11.1 Å². The van der Waals surface area contributed by atoms with Crippen molar-refractivity contribution in [2.24, 2.45) is 0 Å². The van der Waals surface area contributed by atoms with Gasteiger partial charge in [0, 0.05) is 11.8 Å². The zero-order valence-electron chi connectivity index (χ0n) is 14.3. The largest absolute Gasteiger partial charge is 0.449 e. The Bertz CT molecular complexity index is 944. The summed E-state index contributed by atoms with van der Waals surface area (Å²) in [6.45, 7) is 3.41. The number of carbonyl (C=O) groups is 3. The van der Waals surface area contributed by atoms with Gasteiger partial charge in [-0.05, 0) is 74.7 Å². The van der Waals surface area contributed by atoms with Crippen molar-refractivity contribution < 1.29 is 18.8 Å². The minimum Gasteiger partial charge on any atom is -0.449 e. The minimum atomic E-state index is -0.523. The molecule has 0 bridgehead atoms. The first-order chi connectivity index (χ1) is 12.8. The van der Waals surface area contributed by atoms with E-state index in [1.165, 1.54) is 6.08 Å². The summed E-state index contributed by atoms with van der Waals surface area (Å²) in [6.07, 6.45) is 1.48. The molecule has 1 saturated heterocycles. The predicted molar refractivity (Wildman–Crippen MR) is 111 cm³/mol. The third-order valence-electron chi connectivity index (χ3n) is 3.86. The molecule has 27 heavy (non-hydrogen) atoms. The van der Waals surface area contributed by atoms with Gasteiger partial charge in [-0.3, -0.25) is 19.3 Å². The second-order valence-corrected chi connectivity index (χ2v) is 8.42. The van der Waals surface area contributed by atoms with E-state index in [0.717, 1.165) is 27.8 Å². The van der Waals surface area contributed by atoms with Gasteiger partial charge in [-0.2, -0.15) is 0 Å². The molecule has 9 heteroatoms. The molecule has 2 heterocycles. The zero-order valence-corrected chi connectivity index (χ0v) is 18.3. The standard InChI is InChI=1S/C18H14Br2N2O4S/c1-9-4-3-5-10(2)15(9)21-14(23)8-22-17(24)13(27-18(22)25)7-11-6-12(19)16(20)26-11/h3-7H,8H2,1-2H3,(H,21,23)/b13-7-. The molecule has 140 valence electrons. The van der Waals surface area contributed by atoms with E-state index in [1.54, 1.807) is 6.07 Å². The van der Waals surface area contributed by atoms with Crippen LogP contribution in [0.25, 0.3) is 6.08 Å². The number of carbonyl (C=O) groups excluding carboxylic acids is 3. The van der Waals surface area contributed by atoms with Crippen LogP contribution in [0.1, 0.15) is 16.9 Å². The van der Waals surface area contributed by atoms with Crippen LogP contribution in [0.3, 0.4) is 0 Å². The van der Waals surface area contributed by atoms with Crippen molar-refractivity contribution in [2.75, 3.05) is 11.9 Å². The molecule has 1 aliphatic rings. The summed E-state index contributed by atoms with van der Waals surface area (Å²) in [7, 11) is 0. The SMILES string of the molecule is Cc1cccc(C)c1NC(=O)CN1C(=O)S/C(=C\c2cc(Br)c(Br)o2)C1=O. The molecular weight excluding hydrogens is 500 g/mol. The first kappa shape index (κ1) is 19.9. The average molecular weight is 514 g/mol. The second kappa shape index (κ2) is 8.04. The zero-order chi connectivity index (χ0) is 19.7. The second-order valence-electron chi connectivity index (χ2n) is 5.85. The van der Waals surface area contributed by atoms with Gasteiger partial charge in [-0.15, -0.1) is 0 Å². The number of imide groups is 1. The first-order valence-electron chi connectivity index (χ1n) is 7.82. The van der Waals surface area contributed by atoms with Crippen molar-refractivity contribution in [3.8, 4) is 0 Å². The molecule has 3 rings (SSSR count). The number of amides is 3. The number of benzene rings is 1. The molecule has 1 fully saturated rings. The van der Waals surface area contributed by atoms with Crippen LogP contribution in [0.2, 0.25) is 0 Å². The topological polar surface area (TPSA) is 79.6 Å². The Morgan fingerprint density at radius 3 is 2.52 bits per heavy atom. The lowest BCUT2D eigenvalue weighted by Crippen LogP contribution is -2.36. The third kappa shape index (κ3) is 4.36. The predicted octanol–water partition coefficient (Wildman–Crippen LogP) is 5.10. The Labute approximate surface area is 176 Å². The Kier molecular flexibility index (Phi) is 5.92. The summed E-state index contributed by atoms with van der Waals surface area (Å²) >= 11 is 7.28. The van der Waals surface area contributed by atoms with Crippen LogP contribution in [-0.4, -0.2) is 28.5 Å². The highest BCUT2D eigenvalue weighted by molar-refractivity contribution is 9.13. The van der Waals surface area contributed by atoms with Gasteiger partial charge in [0.05, 0.1) is 9.38 Å². The van der Waals surface area contributed by atoms with E-state index in [9.17, 15) is 14.4 Å². The number of thioether (sulfide) groups is 1. The summed E-state index contributed by atoms with van der Waals surface area (Å²) in [5, 5.41) is 2.28. The van der Waals surface area contributed by atoms with Gasteiger partial charge in [-0.25, -0.2) is 0 Å². The van der Waals surface area contributed by atoms with E-state index in [0.29, 0.717) is 20.6 Å². The molecule has 0 atom stereocenters. The lowest BCUT2D eigenvalue weighted by atomic mass is 10.1. The Morgan fingerprint density at radius 2 is 1.93 bits per heavy atom. The molecule has 0 aliphatic carbocycles. The van der Waals surface area contributed by atoms with Crippen LogP contribution < -0.4 is 5.32 Å².